The molecule has 0 heterocycles. The predicted molar refractivity (Wildman–Crippen MR) is 70.0 cm³/mol. The second-order valence-corrected chi connectivity index (χ2v) is 5.29. The summed E-state index contributed by atoms with van der Waals surface area (Å²) in [6, 6.07) is 3.23. The molecule has 0 aromatic heterocycles. The van der Waals surface area contributed by atoms with Gasteiger partial charge in [-0.25, -0.2) is 0 Å². The van der Waals surface area contributed by atoms with Crippen molar-refractivity contribution in [3.8, 4) is 0 Å². The Hall–Kier alpha value is -3.17. The molecule has 0 aliphatic carbocycles. The predicted octanol–water partition coefficient (Wildman–Crippen LogP) is -0.802. The van der Waals surface area contributed by atoms with Crippen molar-refractivity contribution < 1.29 is 13.0 Å². The van der Waals surface area contributed by atoms with E-state index in [2.05, 4.69) is 20.5 Å². The number of nitrogens with one attached hydrogen (secondary N) is 1. The highest BCUT2D eigenvalue weighted by Crippen LogP contribution is 2.16. The van der Waals surface area contributed by atoms with Crippen LogP contribution >= 0.6 is 0 Å². The summed E-state index contributed by atoms with van der Waals surface area (Å²) in [5.74, 6) is 0. The molecule has 0 spiro atoms. The summed E-state index contributed by atoms with van der Waals surface area (Å²) in [5, 5.41) is 17.6. The average molecular weight is 321 g/mol. The summed E-state index contributed by atoms with van der Waals surface area (Å²) in [4.78, 5) is 23.1. The van der Waals surface area contributed by atoms with Crippen LogP contribution in [-0.2, 0) is 10.1 Å². The van der Waals surface area contributed by atoms with Gasteiger partial charge in [-0.2, -0.15) is 13.9 Å². The lowest BCUT2D eigenvalue weighted by Gasteiger charge is -2.01. The molecule has 0 atom stereocenters. The quantitative estimate of drug-likeness (QED) is 0.240. The van der Waals surface area contributed by atoms with E-state index in [1.807, 2.05) is 0 Å². The Morgan fingerprint density at radius 3 is 2.41 bits per heavy atom. The minimum absolute atomic E-state index is 0.369. The van der Waals surface area contributed by atoms with Crippen LogP contribution in [0.1, 0.15) is 0 Å². The zero-order valence-corrected chi connectivity index (χ0v) is 11.3. The fraction of sp³-hybridized carbons (Fsp3) is 0. The summed E-state index contributed by atoms with van der Waals surface area (Å²) in [6.07, 6.45) is 0. The molecule has 0 amide bonds. The Morgan fingerprint density at radius 1 is 1.18 bits per heavy atom. The first-order valence-electron chi connectivity index (χ1n) is 5.39. The van der Waals surface area contributed by atoms with Crippen molar-refractivity contribution >= 4 is 20.9 Å². The molecule has 0 radical (unpaired) electrons. The molecule has 0 aliphatic rings. The van der Waals surface area contributed by atoms with Crippen molar-refractivity contribution in [2.24, 2.45) is 15.4 Å². The zero-order chi connectivity index (χ0) is 16.5. The van der Waals surface area contributed by atoms with Crippen LogP contribution in [0.15, 0.2) is 48.1 Å². The van der Waals surface area contributed by atoms with Gasteiger partial charge in [-0.1, -0.05) is 17.4 Å². The molecule has 2 N–H and O–H groups in total. The molecule has 0 aliphatic heterocycles. The lowest BCUT2D eigenvalue weighted by Crippen LogP contribution is -2.48. The molecule has 0 saturated carbocycles. The van der Waals surface area contributed by atoms with Gasteiger partial charge in [-0.15, -0.1) is 5.10 Å². The first-order chi connectivity index (χ1) is 10.3. The van der Waals surface area contributed by atoms with E-state index < -0.39 is 42.0 Å². The molecule has 0 unspecified atom stereocenters. The van der Waals surface area contributed by atoms with Crippen molar-refractivity contribution in [3.63, 3.8) is 0 Å². The van der Waals surface area contributed by atoms with Gasteiger partial charge in [0.1, 0.15) is 4.90 Å². The van der Waals surface area contributed by atoms with E-state index >= 15 is 0 Å². The molecule has 2 rings (SSSR count). The highest BCUT2D eigenvalue weighted by atomic mass is 32.2. The Balaban J connectivity index is 3.46. The Morgan fingerprint density at radius 2 is 1.86 bits per heavy atom. The highest BCUT2D eigenvalue weighted by Gasteiger charge is 2.21. The molecule has 22 heavy (non-hydrogen) atoms. The number of nitrogens with zero attached hydrogens (tertiary/aromatic N) is 5. The average Bonchev–Trinajstić information content (AvgIpc) is 2.46. The van der Waals surface area contributed by atoms with Crippen LogP contribution in [0.2, 0.25) is 0 Å². The normalized spacial score (nSPS) is 13.3. The van der Waals surface area contributed by atoms with E-state index in [1.165, 1.54) is 0 Å². The van der Waals surface area contributed by atoms with E-state index in [9.17, 15) is 22.6 Å². The lowest BCUT2D eigenvalue weighted by atomic mass is 10.1. The Labute approximate surface area is 120 Å². The van der Waals surface area contributed by atoms with E-state index in [4.69, 9.17) is 10.9 Å². The van der Waals surface area contributed by atoms with Gasteiger partial charge in [0.25, 0.3) is 20.9 Å². The van der Waals surface area contributed by atoms with Crippen molar-refractivity contribution in [1.29, 1.82) is 10.9 Å². The van der Waals surface area contributed by atoms with Crippen LogP contribution in [0.3, 0.4) is 0 Å². The molecule has 110 valence electrons. The van der Waals surface area contributed by atoms with Crippen LogP contribution < -0.4 is 21.6 Å². The number of rotatable bonds is 2. The Bertz CT molecular complexity index is 1170. The van der Waals surface area contributed by atoms with E-state index in [0.717, 1.165) is 18.2 Å². The minimum Gasteiger partial charge on any atom is -0.285 e. The number of benzene rings is 2. The molecule has 0 fully saturated rings. The first kappa shape index (κ1) is 15.2. The first-order valence-corrected chi connectivity index (χ1v) is 6.83. The van der Waals surface area contributed by atoms with E-state index in [1.54, 1.807) is 0 Å². The number of hydrogen-bond acceptors (Lipinski definition) is 8. The largest absolute Gasteiger partial charge is 0.339 e. The van der Waals surface area contributed by atoms with E-state index in [0.29, 0.717) is 0 Å². The van der Waals surface area contributed by atoms with Crippen LogP contribution in [0, 0.1) is 10.9 Å². The topological polar surface area (TPSA) is 178 Å². The molecular weight excluding hydrogens is 316 g/mol. The summed E-state index contributed by atoms with van der Waals surface area (Å²) >= 11 is 0. The van der Waals surface area contributed by atoms with Crippen molar-refractivity contribution in [3.05, 3.63) is 54.4 Å². The summed E-state index contributed by atoms with van der Waals surface area (Å²) in [7, 11) is -4.77. The molecular formula is C10H5N6O5S+. The summed E-state index contributed by atoms with van der Waals surface area (Å²) in [6.45, 7) is 0. The summed E-state index contributed by atoms with van der Waals surface area (Å²) < 4.78 is 32.1. The number of fused-ring (bicyclic) bond motifs is 1. The molecule has 0 bridgehead atoms. The maximum atomic E-state index is 12.0. The minimum atomic E-state index is -4.77. The fourth-order valence-corrected chi connectivity index (χ4v) is 2.64. The third-order valence-corrected chi connectivity index (χ3v) is 3.62. The second-order valence-electron chi connectivity index (χ2n) is 3.90. The van der Waals surface area contributed by atoms with Gasteiger partial charge in [0.05, 0.1) is 0 Å². The van der Waals surface area contributed by atoms with Crippen molar-refractivity contribution in [2.75, 3.05) is 0 Å². The second kappa shape index (κ2) is 5.31. The van der Waals surface area contributed by atoms with Gasteiger partial charge in [-0.05, 0) is 6.07 Å². The Kier molecular flexibility index (Phi) is 3.68. The lowest BCUT2D eigenvalue weighted by molar-refractivity contribution is 0.484. The monoisotopic (exact) mass is 321 g/mol. The number of diazo groups is 1. The van der Waals surface area contributed by atoms with Gasteiger partial charge in [0.2, 0.25) is 5.43 Å². The van der Waals surface area contributed by atoms with Gasteiger partial charge >= 0.3 is 5.08 Å². The van der Waals surface area contributed by atoms with Crippen molar-refractivity contribution in [1.82, 2.24) is 0 Å². The molecule has 2 aromatic rings. The van der Waals surface area contributed by atoms with Crippen LogP contribution in [0.4, 0.5) is 0 Å². The SMILES string of the molecule is N#[N+]N=c1c(=NN=N)c(=O)c(=O)c2cccc(S(=O)(=O)O)c12. The highest BCUT2D eigenvalue weighted by molar-refractivity contribution is 7.86. The van der Waals surface area contributed by atoms with Gasteiger partial charge in [0.15, 0.2) is 15.8 Å². The molecule has 2 aromatic carbocycles. The third kappa shape index (κ3) is 2.30. The van der Waals surface area contributed by atoms with E-state index in [-0.39, 0.29) is 5.39 Å². The fourth-order valence-electron chi connectivity index (χ4n) is 1.92. The van der Waals surface area contributed by atoms with Crippen LogP contribution in [0.5, 0.6) is 0 Å². The number of hydrogen-bond donors (Lipinski definition) is 2. The van der Waals surface area contributed by atoms with Crippen LogP contribution in [-0.4, -0.2) is 13.0 Å². The maximum absolute atomic E-state index is 12.0. The zero-order valence-electron chi connectivity index (χ0n) is 10.5. The summed E-state index contributed by atoms with van der Waals surface area (Å²) in [5.41, 5.74) is 4.30. The van der Waals surface area contributed by atoms with Crippen molar-refractivity contribution in [2.45, 2.75) is 4.90 Å². The molecule has 12 heteroatoms. The van der Waals surface area contributed by atoms with Gasteiger partial charge in [0, 0.05) is 10.8 Å². The van der Waals surface area contributed by atoms with Crippen LogP contribution in [0.25, 0.3) is 15.9 Å². The standard InChI is InChI=1S/C10H4N6O5S/c11-15-13-7-6-4(2-1-3-5(6)22(19,20)21)9(17)10(18)8(7)14-16-12/h1-3,12H/p+1. The molecule has 0 saturated heterocycles. The molecule has 11 nitrogen and oxygen atoms in total. The smallest absolute Gasteiger partial charge is 0.285 e. The van der Waals surface area contributed by atoms with Gasteiger partial charge < -0.3 is 0 Å². The maximum Gasteiger partial charge on any atom is 0.339 e. The third-order valence-electron chi connectivity index (χ3n) is 2.73. The van der Waals surface area contributed by atoms with Gasteiger partial charge in [-0.3, -0.25) is 14.1 Å².